The van der Waals surface area contributed by atoms with Crippen molar-refractivity contribution in [2.45, 2.75) is 82.5 Å². The van der Waals surface area contributed by atoms with Crippen molar-refractivity contribution in [3.63, 3.8) is 0 Å². The number of carbonyl (C=O) groups is 7. The fraction of sp³-hybridized carbons (Fsp3) is 0.385. The maximum absolute atomic E-state index is 13.9. The van der Waals surface area contributed by atoms with Crippen molar-refractivity contribution in [3.8, 4) is 11.3 Å². The van der Waals surface area contributed by atoms with Crippen LogP contribution >= 0.6 is 0 Å². The number of rotatable bonds is 16. The van der Waals surface area contributed by atoms with Gasteiger partial charge in [-0.25, -0.2) is 9.97 Å². The van der Waals surface area contributed by atoms with Gasteiger partial charge in [-0.3, -0.25) is 53.8 Å². The van der Waals surface area contributed by atoms with Gasteiger partial charge in [0, 0.05) is 92.9 Å². The van der Waals surface area contributed by atoms with E-state index in [0.717, 1.165) is 61.0 Å². The lowest BCUT2D eigenvalue weighted by Crippen LogP contribution is -2.54. The Morgan fingerprint density at radius 1 is 0.892 bits per heavy atom. The van der Waals surface area contributed by atoms with Crippen LogP contribution in [0.3, 0.4) is 0 Å². The second kappa shape index (κ2) is 22.0. The Morgan fingerprint density at radius 2 is 1.65 bits per heavy atom. The molecule has 9 rings (SSSR count). The number of piperazine rings is 1. The van der Waals surface area contributed by atoms with E-state index < -0.39 is 47.3 Å². The first-order valence-corrected chi connectivity index (χ1v) is 24.8. The molecule has 1 saturated carbocycles. The smallest absolute Gasteiger partial charge is 0.383 e. The molecule has 1 aliphatic carbocycles. The Balaban J connectivity index is 0.788. The third-order valence-corrected chi connectivity index (χ3v) is 14.0. The zero-order chi connectivity index (χ0) is 52.1. The Hall–Kier alpha value is -8.01. The first-order chi connectivity index (χ1) is 35.6. The van der Waals surface area contributed by atoms with Gasteiger partial charge in [0.1, 0.15) is 23.2 Å². The summed E-state index contributed by atoms with van der Waals surface area (Å²) in [6, 6.07) is 12.0. The zero-order valence-electron chi connectivity index (χ0n) is 40.4. The number of allylic oxidation sites excluding steroid dienone is 1. The van der Waals surface area contributed by atoms with Crippen LogP contribution in [0.5, 0.6) is 0 Å². The lowest BCUT2D eigenvalue weighted by Gasteiger charge is -2.36. The summed E-state index contributed by atoms with van der Waals surface area (Å²) in [5.74, 6) is -3.19. The van der Waals surface area contributed by atoms with E-state index >= 15 is 0 Å². The standard InChI is InChI=1S/C52H55F3N12O7/c53-52(54,55)34-18-20-57-40(27-34)60-48(71)32-12-10-31(11-13-32)45-44-46(63-62-45)33(29-58-47(44)56)7-3-2-6-21-66(30-42(69)59-35-8-4-1-5-9-35)43(70)19-22-64-23-25-65(26-24-64)36-14-15-37-38(28-36)51(74)67(50(37)73)39-16-17-41(68)61-49(39)72/h3,7,10-15,18,20,27-29,35,39H,1-2,4-6,8-9,16-17,19,21-26,30H2,(H2,56,58)(H,59,69)(H,62,63)(H,57,60,71)(H,61,68,72)/b7-3+. The maximum Gasteiger partial charge on any atom is 0.416 e. The van der Waals surface area contributed by atoms with Gasteiger partial charge in [-0.1, -0.05) is 43.5 Å². The molecule has 1 atom stereocenters. The Labute approximate surface area is 423 Å². The average molecular weight is 1020 g/mol. The molecule has 3 aliphatic heterocycles. The summed E-state index contributed by atoms with van der Waals surface area (Å²) in [7, 11) is 0. The minimum absolute atomic E-state index is 0.0389. The van der Waals surface area contributed by atoms with E-state index in [1.165, 1.54) is 12.1 Å². The molecule has 5 aromatic rings. The monoisotopic (exact) mass is 1020 g/mol. The summed E-state index contributed by atoms with van der Waals surface area (Å²) in [4.78, 5) is 106. The zero-order valence-corrected chi connectivity index (χ0v) is 40.4. The van der Waals surface area contributed by atoms with E-state index in [-0.39, 0.29) is 72.0 Å². The van der Waals surface area contributed by atoms with Crippen LogP contribution in [0.25, 0.3) is 28.2 Å². The van der Waals surface area contributed by atoms with E-state index in [2.05, 4.69) is 45.9 Å². The number of benzene rings is 2. The van der Waals surface area contributed by atoms with E-state index in [1.54, 1.807) is 41.4 Å². The van der Waals surface area contributed by atoms with Gasteiger partial charge in [-0.2, -0.15) is 18.3 Å². The largest absolute Gasteiger partial charge is 0.416 e. The molecule has 4 aliphatic rings. The van der Waals surface area contributed by atoms with E-state index in [4.69, 9.17) is 5.73 Å². The minimum Gasteiger partial charge on any atom is -0.383 e. The lowest BCUT2D eigenvalue weighted by atomic mass is 9.95. The Morgan fingerprint density at radius 3 is 2.39 bits per heavy atom. The van der Waals surface area contributed by atoms with Crippen LogP contribution in [-0.2, 0) is 25.4 Å². The number of halogens is 3. The van der Waals surface area contributed by atoms with Crippen LogP contribution in [0.1, 0.15) is 106 Å². The van der Waals surface area contributed by atoms with Gasteiger partial charge in [0.2, 0.25) is 23.6 Å². The van der Waals surface area contributed by atoms with E-state index in [0.29, 0.717) is 79.8 Å². The molecule has 19 nitrogen and oxygen atoms in total. The number of carbonyl (C=O) groups excluding carboxylic acids is 7. The van der Waals surface area contributed by atoms with Gasteiger partial charge < -0.3 is 26.2 Å². The van der Waals surface area contributed by atoms with Crippen LogP contribution in [0.4, 0.5) is 30.5 Å². The molecule has 7 amide bonds. The summed E-state index contributed by atoms with van der Waals surface area (Å²) in [6.07, 6.45) is 8.35. The quantitative estimate of drug-likeness (QED) is 0.0601. The molecular formula is C52H55F3N12O7. The highest BCUT2D eigenvalue weighted by molar-refractivity contribution is 6.23. The van der Waals surface area contributed by atoms with Crippen molar-refractivity contribution < 1.29 is 46.7 Å². The number of anilines is 3. The summed E-state index contributed by atoms with van der Waals surface area (Å²) in [6.45, 7) is 3.25. The third-order valence-electron chi connectivity index (χ3n) is 14.0. The number of nitrogens with one attached hydrogen (secondary N) is 4. The SMILES string of the molecule is Nc1ncc(/C=C/CCCN(CC(=O)NC2CCCCC2)C(=O)CCN2CCN(c3ccc4c(c3)C(=O)N(C3CCC(=O)NC3=O)C4=O)CC2)c2n[nH]c(-c3ccc(C(=O)Nc4cc(C(F)(F)F)ccn4)cc3)c12. The molecular weight excluding hydrogens is 962 g/mol. The van der Waals surface area contributed by atoms with Gasteiger partial charge in [-0.15, -0.1) is 0 Å². The van der Waals surface area contributed by atoms with Crippen LogP contribution in [0.15, 0.2) is 73.1 Å². The Bertz CT molecular complexity index is 3020. The number of aromatic nitrogens is 4. The molecule has 2 aromatic carbocycles. The number of pyridine rings is 2. The summed E-state index contributed by atoms with van der Waals surface area (Å²) in [5.41, 5.74) is 9.20. The van der Waals surface area contributed by atoms with E-state index in [1.807, 2.05) is 12.2 Å². The number of aromatic amines is 1. The van der Waals surface area contributed by atoms with Gasteiger partial charge in [0.25, 0.3) is 17.7 Å². The third kappa shape index (κ3) is 11.4. The normalized spacial score (nSPS) is 17.7. The summed E-state index contributed by atoms with van der Waals surface area (Å²) >= 11 is 0. The van der Waals surface area contributed by atoms with Crippen LogP contribution < -0.4 is 26.6 Å². The number of fused-ring (bicyclic) bond motifs is 2. The first kappa shape index (κ1) is 50.9. The highest BCUT2D eigenvalue weighted by Crippen LogP contribution is 2.34. The highest BCUT2D eigenvalue weighted by Gasteiger charge is 2.45. The molecule has 0 bridgehead atoms. The van der Waals surface area contributed by atoms with Crippen molar-refractivity contribution in [2.75, 3.05) is 61.8 Å². The Kier molecular flexibility index (Phi) is 15.1. The van der Waals surface area contributed by atoms with Crippen molar-refractivity contribution in [3.05, 3.63) is 101 Å². The number of alkyl halides is 3. The molecule has 1 unspecified atom stereocenters. The number of unbranched alkanes of at least 4 members (excludes halogenated alkanes) is 1. The molecule has 0 radical (unpaired) electrons. The highest BCUT2D eigenvalue weighted by atomic mass is 19.4. The number of nitrogens with two attached hydrogens (primary N) is 1. The lowest BCUT2D eigenvalue weighted by molar-refractivity contribution is -0.138. The molecule has 386 valence electrons. The van der Waals surface area contributed by atoms with Crippen LogP contribution in [-0.4, -0.2) is 134 Å². The second-order valence-corrected chi connectivity index (χ2v) is 18.9. The fourth-order valence-corrected chi connectivity index (χ4v) is 9.94. The number of nitrogens with zero attached hydrogens (tertiary/aromatic N) is 7. The molecule has 3 fully saturated rings. The number of H-pyrrole nitrogens is 1. The van der Waals surface area contributed by atoms with Gasteiger partial charge >= 0.3 is 6.18 Å². The van der Waals surface area contributed by atoms with Crippen molar-refractivity contribution in [1.82, 2.24) is 45.5 Å². The maximum atomic E-state index is 13.9. The van der Waals surface area contributed by atoms with E-state index in [9.17, 15) is 46.7 Å². The number of nitrogen functional groups attached to an aromatic ring is 1. The molecule has 22 heteroatoms. The average Bonchev–Trinajstić information content (AvgIpc) is 3.95. The predicted octanol–water partition coefficient (Wildman–Crippen LogP) is 5.56. The predicted molar refractivity (Wildman–Crippen MR) is 267 cm³/mol. The molecule has 74 heavy (non-hydrogen) atoms. The summed E-state index contributed by atoms with van der Waals surface area (Å²) < 4.78 is 39.5. The number of piperidine rings is 1. The summed E-state index contributed by atoms with van der Waals surface area (Å²) in [5, 5.41) is 15.8. The van der Waals surface area contributed by atoms with Gasteiger partial charge in [0.15, 0.2) is 0 Å². The molecule has 6 N–H and O–H groups in total. The number of amides is 7. The van der Waals surface area contributed by atoms with Crippen LogP contribution in [0, 0.1) is 0 Å². The van der Waals surface area contributed by atoms with Gasteiger partial charge in [0.05, 0.1) is 34.3 Å². The molecule has 3 aromatic heterocycles. The van der Waals surface area contributed by atoms with Gasteiger partial charge in [-0.05, 0) is 74.6 Å². The first-order valence-electron chi connectivity index (χ1n) is 24.8. The molecule has 2 saturated heterocycles. The topological polar surface area (TPSA) is 249 Å². The minimum atomic E-state index is -4.59. The molecule has 0 spiro atoms. The van der Waals surface area contributed by atoms with Crippen molar-refractivity contribution in [2.24, 2.45) is 0 Å². The van der Waals surface area contributed by atoms with Crippen molar-refractivity contribution >= 4 is 75.7 Å². The molecule has 6 heterocycles. The fourth-order valence-electron chi connectivity index (χ4n) is 9.94. The number of imide groups is 2. The second-order valence-electron chi connectivity index (χ2n) is 18.9. The van der Waals surface area contributed by atoms with Crippen molar-refractivity contribution in [1.29, 1.82) is 0 Å². The van der Waals surface area contributed by atoms with Crippen LogP contribution in [0.2, 0.25) is 0 Å². The number of hydrogen-bond acceptors (Lipinski definition) is 13. The number of hydrogen-bond donors (Lipinski definition) is 5.